The minimum Gasteiger partial charge on any atom is -0.486 e. The Hall–Kier alpha value is -1.65. The maximum Gasteiger partial charge on any atom is 0.165 e. The summed E-state index contributed by atoms with van der Waals surface area (Å²) >= 11 is 5.58. The molecule has 20 heavy (non-hydrogen) atoms. The summed E-state index contributed by atoms with van der Waals surface area (Å²) in [6, 6.07) is 8.62. The van der Waals surface area contributed by atoms with E-state index in [-0.39, 0.29) is 23.4 Å². The Balaban J connectivity index is 2.09. The van der Waals surface area contributed by atoms with Crippen molar-refractivity contribution in [1.29, 1.82) is 0 Å². The van der Waals surface area contributed by atoms with E-state index in [1.807, 2.05) is 0 Å². The largest absolute Gasteiger partial charge is 0.486 e. The molecule has 2 N–H and O–H groups in total. The highest BCUT2D eigenvalue weighted by atomic mass is 35.5. The lowest BCUT2D eigenvalue weighted by Gasteiger charge is -2.10. The van der Waals surface area contributed by atoms with E-state index in [1.54, 1.807) is 19.1 Å². The van der Waals surface area contributed by atoms with Gasteiger partial charge in [-0.2, -0.15) is 0 Å². The highest BCUT2D eigenvalue weighted by Gasteiger charge is 2.08. The van der Waals surface area contributed by atoms with E-state index in [9.17, 15) is 8.78 Å². The van der Waals surface area contributed by atoms with E-state index >= 15 is 0 Å². The summed E-state index contributed by atoms with van der Waals surface area (Å²) in [6.07, 6.45) is 0. The van der Waals surface area contributed by atoms with Crippen LogP contribution in [0.4, 0.5) is 8.78 Å². The lowest BCUT2D eigenvalue weighted by atomic mass is 10.1. The summed E-state index contributed by atoms with van der Waals surface area (Å²) in [5.41, 5.74) is 6.93. The predicted octanol–water partition coefficient (Wildman–Crippen LogP) is 4.22. The number of rotatable bonds is 4. The van der Waals surface area contributed by atoms with Crippen molar-refractivity contribution in [3.8, 4) is 5.75 Å². The van der Waals surface area contributed by atoms with E-state index in [2.05, 4.69) is 0 Å². The fraction of sp³-hybridized carbons (Fsp3) is 0.200. The van der Waals surface area contributed by atoms with Gasteiger partial charge in [0.2, 0.25) is 0 Å². The van der Waals surface area contributed by atoms with Crippen molar-refractivity contribution in [2.75, 3.05) is 0 Å². The minimum atomic E-state index is -0.527. The molecule has 0 saturated carbocycles. The molecule has 0 fully saturated rings. The van der Waals surface area contributed by atoms with Crippen molar-refractivity contribution in [2.45, 2.75) is 19.6 Å². The van der Waals surface area contributed by atoms with Crippen LogP contribution < -0.4 is 10.5 Å². The van der Waals surface area contributed by atoms with Crippen LogP contribution in [0.2, 0.25) is 5.02 Å². The predicted molar refractivity (Wildman–Crippen MR) is 74.7 cm³/mol. The van der Waals surface area contributed by atoms with E-state index in [4.69, 9.17) is 22.1 Å². The van der Waals surface area contributed by atoms with Crippen molar-refractivity contribution in [3.63, 3.8) is 0 Å². The molecule has 0 radical (unpaired) electrons. The number of hydrogen-bond acceptors (Lipinski definition) is 2. The van der Waals surface area contributed by atoms with Crippen LogP contribution >= 0.6 is 11.6 Å². The number of nitrogens with two attached hydrogens (primary N) is 1. The van der Waals surface area contributed by atoms with Gasteiger partial charge in [0, 0.05) is 6.04 Å². The summed E-state index contributed by atoms with van der Waals surface area (Å²) in [7, 11) is 0. The molecule has 0 aliphatic heterocycles. The molecule has 0 aliphatic rings. The molecule has 2 aromatic carbocycles. The molecule has 1 unspecified atom stereocenters. The smallest absolute Gasteiger partial charge is 0.165 e. The molecule has 0 saturated heterocycles. The molecule has 0 aliphatic carbocycles. The first-order valence-electron chi connectivity index (χ1n) is 6.09. The third-order valence-corrected chi connectivity index (χ3v) is 3.17. The van der Waals surface area contributed by atoms with Crippen LogP contribution in [0.1, 0.15) is 24.1 Å². The summed E-state index contributed by atoms with van der Waals surface area (Å²) in [5.74, 6) is -0.917. The fourth-order valence-corrected chi connectivity index (χ4v) is 1.83. The maximum absolute atomic E-state index is 13.8. The quantitative estimate of drug-likeness (QED) is 0.917. The van der Waals surface area contributed by atoms with Crippen LogP contribution in [-0.4, -0.2) is 0 Å². The Kier molecular flexibility index (Phi) is 4.57. The second kappa shape index (κ2) is 6.20. The van der Waals surface area contributed by atoms with Crippen molar-refractivity contribution >= 4 is 11.6 Å². The van der Waals surface area contributed by atoms with Gasteiger partial charge in [-0.1, -0.05) is 23.7 Å². The third-order valence-electron chi connectivity index (χ3n) is 2.86. The number of halogens is 3. The van der Waals surface area contributed by atoms with Crippen LogP contribution in [0, 0.1) is 11.6 Å². The Morgan fingerprint density at radius 3 is 2.50 bits per heavy atom. The molecule has 106 valence electrons. The fourth-order valence-electron chi connectivity index (χ4n) is 1.71. The van der Waals surface area contributed by atoms with Gasteiger partial charge in [0.1, 0.15) is 12.4 Å². The first kappa shape index (κ1) is 14.8. The Labute approximate surface area is 121 Å². The van der Waals surface area contributed by atoms with Gasteiger partial charge < -0.3 is 10.5 Å². The molecular weight excluding hydrogens is 284 g/mol. The zero-order chi connectivity index (χ0) is 14.7. The number of hydrogen-bond donors (Lipinski definition) is 1. The van der Waals surface area contributed by atoms with Crippen LogP contribution in [0.3, 0.4) is 0 Å². The van der Waals surface area contributed by atoms with Gasteiger partial charge in [-0.15, -0.1) is 0 Å². The lowest BCUT2D eigenvalue weighted by Crippen LogP contribution is -2.06. The summed E-state index contributed by atoms with van der Waals surface area (Å²) < 4.78 is 32.4. The Morgan fingerprint density at radius 1 is 1.15 bits per heavy atom. The van der Waals surface area contributed by atoms with E-state index < -0.39 is 11.6 Å². The number of benzene rings is 2. The zero-order valence-corrected chi connectivity index (χ0v) is 11.6. The molecule has 2 rings (SSSR count). The Bertz CT molecular complexity index is 617. The SMILES string of the molecule is CC(N)c1ccc(OCc2ccc(Cl)c(F)c2)c(F)c1. The topological polar surface area (TPSA) is 35.2 Å². The van der Waals surface area contributed by atoms with Crippen LogP contribution in [0.25, 0.3) is 0 Å². The molecule has 1 atom stereocenters. The van der Waals surface area contributed by atoms with Gasteiger partial charge in [-0.3, -0.25) is 0 Å². The Morgan fingerprint density at radius 2 is 1.90 bits per heavy atom. The van der Waals surface area contributed by atoms with Crippen LogP contribution in [0.15, 0.2) is 36.4 Å². The van der Waals surface area contributed by atoms with Gasteiger partial charge in [0.15, 0.2) is 11.6 Å². The highest BCUT2D eigenvalue weighted by Crippen LogP contribution is 2.23. The van der Waals surface area contributed by atoms with Crippen molar-refractivity contribution in [2.24, 2.45) is 5.73 Å². The minimum absolute atomic E-state index is 0.0428. The molecule has 2 nitrogen and oxygen atoms in total. The van der Waals surface area contributed by atoms with Crippen LogP contribution in [-0.2, 0) is 6.61 Å². The molecule has 2 aromatic rings. The molecule has 0 heterocycles. The average Bonchev–Trinajstić information content (AvgIpc) is 2.41. The van der Waals surface area contributed by atoms with Crippen LogP contribution in [0.5, 0.6) is 5.75 Å². The second-order valence-electron chi connectivity index (χ2n) is 4.52. The van der Waals surface area contributed by atoms with Gasteiger partial charge in [-0.25, -0.2) is 8.78 Å². The standard InChI is InChI=1S/C15H14ClF2NO/c1-9(19)11-3-5-15(14(18)7-11)20-8-10-2-4-12(16)13(17)6-10/h2-7,9H,8,19H2,1H3. The first-order valence-corrected chi connectivity index (χ1v) is 6.47. The molecule has 0 amide bonds. The van der Waals surface area contributed by atoms with Crippen molar-refractivity contribution in [1.82, 2.24) is 0 Å². The summed E-state index contributed by atoms with van der Waals surface area (Å²) in [5, 5.41) is 0.0428. The summed E-state index contributed by atoms with van der Waals surface area (Å²) in [6.45, 7) is 1.83. The molecule has 0 bridgehead atoms. The zero-order valence-electron chi connectivity index (χ0n) is 10.9. The third kappa shape index (κ3) is 3.46. The lowest BCUT2D eigenvalue weighted by molar-refractivity contribution is 0.289. The monoisotopic (exact) mass is 297 g/mol. The van der Waals surface area contributed by atoms with Gasteiger partial charge >= 0.3 is 0 Å². The van der Waals surface area contributed by atoms with Gasteiger partial charge in [0.05, 0.1) is 5.02 Å². The average molecular weight is 298 g/mol. The normalized spacial score (nSPS) is 12.2. The van der Waals surface area contributed by atoms with E-state index in [0.717, 1.165) is 0 Å². The van der Waals surface area contributed by atoms with Crippen molar-refractivity contribution in [3.05, 3.63) is 64.2 Å². The molecule has 0 aromatic heterocycles. The molecule has 5 heteroatoms. The van der Waals surface area contributed by atoms with Crippen molar-refractivity contribution < 1.29 is 13.5 Å². The van der Waals surface area contributed by atoms with E-state index in [0.29, 0.717) is 11.1 Å². The van der Waals surface area contributed by atoms with Gasteiger partial charge in [-0.05, 0) is 42.3 Å². The maximum atomic E-state index is 13.8. The highest BCUT2D eigenvalue weighted by molar-refractivity contribution is 6.30. The number of ether oxygens (including phenoxy) is 1. The van der Waals surface area contributed by atoms with Gasteiger partial charge in [0.25, 0.3) is 0 Å². The first-order chi connectivity index (χ1) is 9.47. The molecular formula is C15H14ClF2NO. The summed E-state index contributed by atoms with van der Waals surface area (Å²) in [4.78, 5) is 0. The van der Waals surface area contributed by atoms with E-state index in [1.165, 1.54) is 24.3 Å². The molecule has 0 spiro atoms. The second-order valence-corrected chi connectivity index (χ2v) is 4.92.